The SMILES string of the molecule is CCc1cc(N)cc(Br)c1N1C[C@@H](C)C[C@H](C)C1. The third-order valence-corrected chi connectivity index (χ3v) is 4.34. The van der Waals surface area contributed by atoms with E-state index in [9.17, 15) is 0 Å². The second-order valence-corrected chi connectivity index (χ2v) is 6.57. The average molecular weight is 311 g/mol. The van der Waals surface area contributed by atoms with Crippen LogP contribution in [0.2, 0.25) is 0 Å². The van der Waals surface area contributed by atoms with Crippen LogP contribution in [-0.2, 0) is 6.42 Å². The number of halogens is 1. The van der Waals surface area contributed by atoms with Crippen molar-refractivity contribution in [2.75, 3.05) is 23.7 Å². The first-order chi connectivity index (χ1) is 8.51. The van der Waals surface area contributed by atoms with Crippen molar-refractivity contribution in [1.29, 1.82) is 0 Å². The summed E-state index contributed by atoms with van der Waals surface area (Å²) in [7, 11) is 0. The van der Waals surface area contributed by atoms with Gasteiger partial charge in [0.15, 0.2) is 0 Å². The standard InChI is InChI=1S/C15H23BrN2/c1-4-12-6-13(17)7-14(16)15(12)18-8-10(2)5-11(3)9-18/h6-7,10-11H,4-5,8-9,17H2,1-3H3/t10-,11-/m0/s1. The van der Waals surface area contributed by atoms with E-state index < -0.39 is 0 Å². The van der Waals surface area contributed by atoms with E-state index in [1.54, 1.807) is 0 Å². The minimum Gasteiger partial charge on any atom is -0.399 e. The van der Waals surface area contributed by atoms with E-state index in [2.05, 4.69) is 47.7 Å². The lowest BCUT2D eigenvalue weighted by Gasteiger charge is -2.38. The van der Waals surface area contributed by atoms with Crippen LogP contribution in [0.15, 0.2) is 16.6 Å². The van der Waals surface area contributed by atoms with Gasteiger partial charge in [-0.2, -0.15) is 0 Å². The molecule has 2 nitrogen and oxygen atoms in total. The third kappa shape index (κ3) is 2.82. The molecule has 1 aliphatic rings. The van der Waals surface area contributed by atoms with Crippen LogP contribution in [0.1, 0.15) is 32.8 Å². The fourth-order valence-corrected chi connectivity index (χ4v) is 3.92. The molecule has 2 atom stereocenters. The maximum atomic E-state index is 5.94. The maximum absolute atomic E-state index is 5.94. The molecule has 0 bridgehead atoms. The van der Waals surface area contributed by atoms with Crippen LogP contribution in [0.5, 0.6) is 0 Å². The largest absolute Gasteiger partial charge is 0.399 e. The van der Waals surface area contributed by atoms with Gasteiger partial charge in [0.05, 0.1) is 5.69 Å². The second kappa shape index (κ2) is 5.52. The molecule has 1 aliphatic heterocycles. The molecule has 0 unspecified atom stereocenters. The van der Waals surface area contributed by atoms with Crippen LogP contribution in [0.3, 0.4) is 0 Å². The number of nitrogen functional groups attached to an aromatic ring is 1. The predicted octanol–water partition coefficient (Wildman–Crippen LogP) is 4.08. The molecule has 0 spiro atoms. The van der Waals surface area contributed by atoms with E-state index in [1.165, 1.54) is 17.7 Å². The molecule has 100 valence electrons. The fraction of sp³-hybridized carbons (Fsp3) is 0.600. The Balaban J connectivity index is 2.37. The summed E-state index contributed by atoms with van der Waals surface area (Å²) in [5, 5.41) is 0. The van der Waals surface area contributed by atoms with Gasteiger partial charge in [0.2, 0.25) is 0 Å². The number of hydrogen-bond acceptors (Lipinski definition) is 2. The zero-order valence-corrected chi connectivity index (χ0v) is 13.1. The Hall–Kier alpha value is -0.700. The van der Waals surface area contributed by atoms with Crippen molar-refractivity contribution >= 4 is 27.3 Å². The van der Waals surface area contributed by atoms with E-state index in [1.807, 2.05) is 6.07 Å². The number of aryl methyl sites for hydroxylation is 1. The van der Waals surface area contributed by atoms with Crippen molar-refractivity contribution in [2.45, 2.75) is 33.6 Å². The van der Waals surface area contributed by atoms with Gasteiger partial charge in [-0.25, -0.2) is 0 Å². The lowest BCUT2D eigenvalue weighted by Crippen LogP contribution is -2.39. The number of benzene rings is 1. The minimum absolute atomic E-state index is 0.767. The minimum atomic E-state index is 0.767. The molecule has 1 saturated heterocycles. The summed E-state index contributed by atoms with van der Waals surface area (Å²) >= 11 is 3.69. The van der Waals surface area contributed by atoms with E-state index in [0.29, 0.717) is 0 Å². The summed E-state index contributed by atoms with van der Waals surface area (Å²) in [4.78, 5) is 2.53. The van der Waals surface area contributed by atoms with Gasteiger partial charge in [-0.05, 0) is 58.3 Å². The monoisotopic (exact) mass is 310 g/mol. The van der Waals surface area contributed by atoms with Crippen molar-refractivity contribution in [3.8, 4) is 0 Å². The van der Waals surface area contributed by atoms with E-state index in [-0.39, 0.29) is 0 Å². The average Bonchev–Trinajstić information content (AvgIpc) is 2.26. The van der Waals surface area contributed by atoms with Crippen molar-refractivity contribution in [1.82, 2.24) is 0 Å². The molecule has 0 amide bonds. The quantitative estimate of drug-likeness (QED) is 0.834. The lowest BCUT2D eigenvalue weighted by molar-refractivity contribution is 0.356. The Morgan fingerprint density at radius 3 is 2.44 bits per heavy atom. The predicted molar refractivity (Wildman–Crippen MR) is 83.1 cm³/mol. The Morgan fingerprint density at radius 1 is 1.28 bits per heavy atom. The summed E-state index contributed by atoms with van der Waals surface area (Å²) in [6.07, 6.45) is 2.36. The summed E-state index contributed by atoms with van der Waals surface area (Å²) in [5.41, 5.74) is 9.49. The first-order valence-corrected chi connectivity index (χ1v) is 7.63. The van der Waals surface area contributed by atoms with Crippen molar-refractivity contribution < 1.29 is 0 Å². The first kappa shape index (κ1) is 13.7. The van der Waals surface area contributed by atoms with Gasteiger partial charge < -0.3 is 10.6 Å². The van der Waals surface area contributed by atoms with Gasteiger partial charge in [-0.1, -0.05) is 20.8 Å². The molecule has 18 heavy (non-hydrogen) atoms. The fourth-order valence-electron chi connectivity index (χ4n) is 3.15. The highest BCUT2D eigenvalue weighted by molar-refractivity contribution is 9.10. The number of nitrogens with zero attached hydrogens (tertiary/aromatic N) is 1. The molecular formula is C15H23BrN2. The molecule has 1 aromatic carbocycles. The molecule has 0 aromatic heterocycles. The highest BCUT2D eigenvalue weighted by atomic mass is 79.9. The van der Waals surface area contributed by atoms with Crippen LogP contribution in [0.4, 0.5) is 11.4 Å². The Kier molecular flexibility index (Phi) is 4.21. The van der Waals surface area contributed by atoms with Gasteiger partial charge in [-0.15, -0.1) is 0 Å². The molecule has 2 N–H and O–H groups in total. The molecule has 2 rings (SSSR count). The number of anilines is 2. The number of piperidine rings is 1. The van der Waals surface area contributed by atoms with Crippen LogP contribution in [-0.4, -0.2) is 13.1 Å². The Bertz CT molecular complexity index is 421. The van der Waals surface area contributed by atoms with Crippen molar-refractivity contribution in [3.63, 3.8) is 0 Å². The Labute approximate surface area is 119 Å². The molecule has 0 aliphatic carbocycles. The van der Waals surface area contributed by atoms with E-state index in [0.717, 1.165) is 41.5 Å². The van der Waals surface area contributed by atoms with Gasteiger partial charge in [0.1, 0.15) is 0 Å². The topological polar surface area (TPSA) is 29.3 Å². The Morgan fingerprint density at radius 2 is 1.89 bits per heavy atom. The van der Waals surface area contributed by atoms with Gasteiger partial charge >= 0.3 is 0 Å². The summed E-state index contributed by atoms with van der Waals surface area (Å²) in [6, 6.07) is 4.14. The van der Waals surface area contributed by atoms with Gasteiger partial charge in [0, 0.05) is 23.2 Å². The van der Waals surface area contributed by atoms with Crippen LogP contribution in [0.25, 0.3) is 0 Å². The smallest absolute Gasteiger partial charge is 0.0544 e. The molecule has 0 saturated carbocycles. The summed E-state index contributed by atoms with van der Waals surface area (Å²) in [6.45, 7) is 9.19. The zero-order valence-electron chi connectivity index (χ0n) is 11.5. The molecule has 0 radical (unpaired) electrons. The van der Waals surface area contributed by atoms with Gasteiger partial charge in [0.25, 0.3) is 0 Å². The number of rotatable bonds is 2. The highest BCUT2D eigenvalue weighted by Gasteiger charge is 2.24. The normalized spacial score (nSPS) is 24.3. The lowest BCUT2D eigenvalue weighted by atomic mass is 9.91. The molecule has 1 fully saturated rings. The number of nitrogens with two attached hydrogens (primary N) is 1. The van der Waals surface area contributed by atoms with Crippen LogP contribution >= 0.6 is 15.9 Å². The van der Waals surface area contributed by atoms with E-state index in [4.69, 9.17) is 5.73 Å². The highest BCUT2D eigenvalue weighted by Crippen LogP contribution is 2.36. The van der Waals surface area contributed by atoms with E-state index >= 15 is 0 Å². The number of hydrogen-bond donors (Lipinski definition) is 1. The summed E-state index contributed by atoms with van der Waals surface area (Å²) in [5.74, 6) is 1.53. The van der Waals surface area contributed by atoms with Crippen molar-refractivity contribution in [3.05, 3.63) is 22.2 Å². The molecular weight excluding hydrogens is 288 g/mol. The van der Waals surface area contributed by atoms with Crippen LogP contribution < -0.4 is 10.6 Å². The molecule has 1 aromatic rings. The van der Waals surface area contributed by atoms with Crippen molar-refractivity contribution in [2.24, 2.45) is 11.8 Å². The first-order valence-electron chi connectivity index (χ1n) is 6.84. The molecule has 3 heteroatoms. The molecule has 1 heterocycles. The van der Waals surface area contributed by atoms with Crippen LogP contribution in [0, 0.1) is 11.8 Å². The van der Waals surface area contributed by atoms with Gasteiger partial charge in [-0.3, -0.25) is 0 Å². The second-order valence-electron chi connectivity index (χ2n) is 5.72. The maximum Gasteiger partial charge on any atom is 0.0544 e. The third-order valence-electron chi connectivity index (χ3n) is 3.73. The zero-order chi connectivity index (χ0) is 13.3. The summed E-state index contributed by atoms with van der Waals surface area (Å²) < 4.78 is 1.14.